The van der Waals surface area contributed by atoms with Crippen LogP contribution in [0.5, 0.6) is 0 Å². The molecule has 1 aliphatic heterocycles. The molecule has 2 amide bonds. The molecule has 5 N–H and O–H groups in total. The van der Waals surface area contributed by atoms with Crippen molar-refractivity contribution in [3.63, 3.8) is 0 Å². The van der Waals surface area contributed by atoms with Crippen LogP contribution in [0.15, 0.2) is 95.3 Å². The molecule has 1 fully saturated rings. The average Bonchev–Trinajstić information content (AvgIpc) is 3.71. The number of amides is 2. The first-order valence-electron chi connectivity index (χ1n) is 15.9. The highest BCUT2D eigenvalue weighted by atomic mass is 16.3. The molecule has 0 radical (unpaired) electrons. The lowest BCUT2D eigenvalue weighted by molar-refractivity contribution is 0.0715. The first kappa shape index (κ1) is 34.4. The summed E-state index contributed by atoms with van der Waals surface area (Å²) < 4.78 is 5.63. The summed E-state index contributed by atoms with van der Waals surface area (Å²) in [6.45, 7) is 13.0. The van der Waals surface area contributed by atoms with Gasteiger partial charge in [-0.15, -0.1) is 0 Å². The van der Waals surface area contributed by atoms with Gasteiger partial charge in [-0.1, -0.05) is 62.9 Å². The predicted molar refractivity (Wildman–Crippen MR) is 181 cm³/mol. The lowest BCUT2D eigenvalue weighted by Gasteiger charge is -2.26. The quantitative estimate of drug-likeness (QED) is 0.182. The Balaban J connectivity index is 1.49. The second kappa shape index (κ2) is 16.2. The molecule has 1 saturated heterocycles. The minimum atomic E-state index is -0.906. The van der Waals surface area contributed by atoms with Crippen molar-refractivity contribution in [2.24, 2.45) is 11.7 Å². The number of hydrogen-bond donors (Lipinski definition) is 4. The van der Waals surface area contributed by atoms with Crippen molar-refractivity contribution in [2.75, 3.05) is 19.6 Å². The van der Waals surface area contributed by atoms with Gasteiger partial charge in [0.2, 0.25) is 5.89 Å². The van der Waals surface area contributed by atoms with Gasteiger partial charge in [0.25, 0.3) is 11.8 Å². The molecule has 1 aliphatic rings. The first-order chi connectivity index (χ1) is 22.1. The van der Waals surface area contributed by atoms with Gasteiger partial charge in [-0.05, 0) is 85.7 Å². The van der Waals surface area contributed by atoms with Crippen molar-refractivity contribution in [3.8, 4) is 0 Å². The Morgan fingerprint density at radius 3 is 2.57 bits per heavy atom. The minimum absolute atomic E-state index is 0.170. The summed E-state index contributed by atoms with van der Waals surface area (Å²) in [4.78, 5) is 33.6. The van der Waals surface area contributed by atoms with E-state index in [4.69, 9.17) is 10.2 Å². The molecule has 46 heavy (non-hydrogen) atoms. The van der Waals surface area contributed by atoms with Crippen LogP contribution in [-0.2, 0) is 6.42 Å². The van der Waals surface area contributed by atoms with Crippen LogP contribution >= 0.6 is 0 Å². The van der Waals surface area contributed by atoms with E-state index >= 15 is 0 Å². The van der Waals surface area contributed by atoms with Crippen molar-refractivity contribution >= 4 is 11.8 Å². The maximum absolute atomic E-state index is 13.7. The van der Waals surface area contributed by atoms with Gasteiger partial charge in [-0.25, -0.2) is 4.98 Å². The van der Waals surface area contributed by atoms with Gasteiger partial charge in [0.15, 0.2) is 0 Å². The highest BCUT2D eigenvalue weighted by Gasteiger charge is 2.34. The fourth-order valence-corrected chi connectivity index (χ4v) is 5.74. The number of aromatic nitrogens is 1. The SMILES string of the molecule is C=C/C(=C\C(=C/N)CNC[C@@H](O)[C@H](Cc1ccccc1)NC(=O)c1cc(C)cc(C(=O)N2CCC[C@@H]2c2nc(C)co2)c1)C(C)C. The van der Waals surface area contributed by atoms with E-state index in [1.54, 1.807) is 35.6 Å². The number of nitrogens with two attached hydrogens (primary N) is 1. The molecule has 9 nitrogen and oxygen atoms in total. The van der Waals surface area contributed by atoms with Gasteiger partial charge in [-0.3, -0.25) is 9.59 Å². The van der Waals surface area contributed by atoms with Gasteiger partial charge < -0.3 is 30.8 Å². The third-order valence-corrected chi connectivity index (χ3v) is 8.25. The van der Waals surface area contributed by atoms with Crippen molar-refractivity contribution < 1.29 is 19.1 Å². The third-order valence-electron chi connectivity index (χ3n) is 8.25. The number of aliphatic hydroxyl groups excluding tert-OH is 1. The number of carbonyl (C=O) groups is 2. The van der Waals surface area contributed by atoms with Gasteiger partial charge in [-0.2, -0.15) is 0 Å². The molecule has 4 rings (SSSR count). The van der Waals surface area contributed by atoms with Crippen LogP contribution in [0.4, 0.5) is 0 Å². The first-order valence-corrected chi connectivity index (χ1v) is 15.9. The molecular formula is C37H47N5O4. The van der Waals surface area contributed by atoms with Crippen LogP contribution in [0.3, 0.4) is 0 Å². The van der Waals surface area contributed by atoms with Crippen LogP contribution in [0.25, 0.3) is 0 Å². The fourth-order valence-electron chi connectivity index (χ4n) is 5.74. The number of nitrogens with one attached hydrogen (secondary N) is 2. The van der Waals surface area contributed by atoms with E-state index in [2.05, 4.69) is 36.0 Å². The summed E-state index contributed by atoms with van der Waals surface area (Å²) in [5.41, 5.74) is 11.1. The number of oxazole rings is 1. The summed E-state index contributed by atoms with van der Waals surface area (Å²) >= 11 is 0. The van der Waals surface area contributed by atoms with E-state index in [1.807, 2.05) is 56.3 Å². The van der Waals surface area contributed by atoms with Crippen LogP contribution < -0.4 is 16.4 Å². The highest BCUT2D eigenvalue weighted by molar-refractivity contribution is 6.00. The monoisotopic (exact) mass is 625 g/mol. The normalized spacial score (nSPS) is 16.8. The zero-order valence-corrected chi connectivity index (χ0v) is 27.3. The maximum Gasteiger partial charge on any atom is 0.254 e. The number of likely N-dealkylation sites (tertiary alicyclic amines) is 1. The summed E-state index contributed by atoms with van der Waals surface area (Å²) in [5.74, 6) is 0.301. The molecule has 0 unspecified atom stereocenters. The topological polar surface area (TPSA) is 134 Å². The maximum atomic E-state index is 13.7. The second-order valence-corrected chi connectivity index (χ2v) is 12.3. The minimum Gasteiger partial charge on any atom is -0.446 e. The Labute approximate surface area is 272 Å². The Morgan fingerprint density at radius 1 is 1.17 bits per heavy atom. The van der Waals surface area contributed by atoms with Crippen LogP contribution in [0, 0.1) is 19.8 Å². The number of benzene rings is 2. The fraction of sp³-hybridized carbons (Fsp3) is 0.378. The molecule has 3 aromatic rings. The molecule has 0 bridgehead atoms. The third kappa shape index (κ3) is 9.05. The lowest BCUT2D eigenvalue weighted by atomic mass is 9.99. The number of nitrogens with zero attached hydrogens (tertiary/aromatic N) is 2. The van der Waals surface area contributed by atoms with Gasteiger partial charge in [0.1, 0.15) is 12.3 Å². The van der Waals surface area contributed by atoms with Gasteiger partial charge >= 0.3 is 0 Å². The number of carbonyl (C=O) groups excluding carboxylic acids is 2. The number of aliphatic hydroxyl groups is 1. The van der Waals surface area contributed by atoms with E-state index < -0.39 is 12.1 Å². The second-order valence-electron chi connectivity index (χ2n) is 12.3. The van der Waals surface area contributed by atoms with E-state index in [-0.39, 0.29) is 24.4 Å². The molecule has 0 saturated carbocycles. The predicted octanol–water partition coefficient (Wildman–Crippen LogP) is 5.17. The van der Waals surface area contributed by atoms with E-state index in [0.29, 0.717) is 42.4 Å². The molecule has 1 aromatic heterocycles. The van der Waals surface area contributed by atoms with Crippen molar-refractivity contribution in [2.45, 2.75) is 65.1 Å². The van der Waals surface area contributed by atoms with Gasteiger partial charge in [0.05, 0.1) is 17.8 Å². The molecule has 9 heteroatoms. The van der Waals surface area contributed by atoms with E-state index in [1.165, 1.54) is 0 Å². The van der Waals surface area contributed by atoms with Crippen molar-refractivity contribution in [1.29, 1.82) is 0 Å². The summed E-state index contributed by atoms with van der Waals surface area (Å²) in [5, 5.41) is 17.6. The summed E-state index contributed by atoms with van der Waals surface area (Å²) in [7, 11) is 0. The summed E-state index contributed by atoms with van der Waals surface area (Å²) in [6.07, 6.45) is 8.08. The van der Waals surface area contributed by atoms with E-state index in [9.17, 15) is 14.7 Å². The molecule has 244 valence electrons. The van der Waals surface area contributed by atoms with Crippen LogP contribution in [0.2, 0.25) is 0 Å². The smallest absolute Gasteiger partial charge is 0.254 e. The number of aryl methyl sites for hydroxylation is 2. The molecular weight excluding hydrogens is 578 g/mol. The lowest BCUT2D eigenvalue weighted by Crippen LogP contribution is -2.49. The number of allylic oxidation sites excluding steroid dienone is 2. The Kier molecular flexibility index (Phi) is 12.1. The zero-order valence-electron chi connectivity index (χ0n) is 27.3. The van der Waals surface area contributed by atoms with Crippen molar-refractivity contribution in [3.05, 3.63) is 125 Å². The van der Waals surface area contributed by atoms with Gasteiger partial charge in [0, 0.05) is 30.8 Å². The highest BCUT2D eigenvalue weighted by Crippen LogP contribution is 2.33. The Morgan fingerprint density at radius 2 is 1.91 bits per heavy atom. The number of rotatable bonds is 14. The Bertz CT molecular complexity index is 1560. The average molecular weight is 626 g/mol. The molecule has 3 atom stereocenters. The largest absolute Gasteiger partial charge is 0.446 e. The number of hydrogen-bond acceptors (Lipinski definition) is 7. The molecule has 2 aromatic carbocycles. The molecule has 0 spiro atoms. The molecule has 0 aliphatic carbocycles. The molecule has 2 heterocycles. The van der Waals surface area contributed by atoms with Crippen molar-refractivity contribution in [1.82, 2.24) is 20.5 Å². The summed E-state index contributed by atoms with van der Waals surface area (Å²) in [6, 6.07) is 14.1. The van der Waals surface area contributed by atoms with E-state index in [0.717, 1.165) is 40.8 Å². The standard InChI is InChI=1S/C37H47N5O4/c1-6-29(24(2)3)17-28(20-38)21-39-22-34(43)32(18-27-11-8-7-9-12-27)41-35(44)30-15-25(4)16-31(19-30)37(45)42-14-10-13-33(42)36-40-26(5)23-46-36/h6-9,11-12,15-17,19-20,23-24,32-34,39,43H,1,10,13-14,18,21-22,38H2,2-5H3,(H,41,44)/b28-20+,29-17+/t32-,33+,34+/m0/s1. The van der Waals surface area contributed by atoms with Crippen LogP contribution in [-0.4, -0.2) is 58.6 Å². The van der Waals surface area contributed by atoms with Crippen LogP contribution in [0.1, 0.15) is 76.2 Å². The zero-order chi connectivity index (χ0) is 33.2. The Hall–Kier alpha value is -4.47.